The van der Waals surface area contributed by atoms with Crippen molar-refractivity contribution in [2.45, 2.75) is 105 Å². The Morgan fingerprint density at radius 3 is 2.35 bits per heavy atom. The van der Waals surface area contributed by atoms with E-state index in [1.54, 1.807) is 6.92 Å². The number of carbonyl (C=O) groups is 2. The maximum Gasteiger partial charge on any atom is 0.303 e. The van der Waals surface area contributed by atoms with E-state index in [9.17, 15) is 14.7 Å². The second-order valence-corrected chi connectivity index (χ2v) is 12.4. The minimum absolute atomic E-state index is 0.0809. The minimum atomic E-state index is -0.669. The molecule has 176 valence electrons. The molecule has 3 unspecified atom stereocenters. The van der Waals surface area contributed by atoms with Crippen LogP contribution in [0, 0.1) is 52.3 Å². The van der Waals surface area contributed by atoms with E-state index in [0.717, 1.165) is 24.7 Å². The van der Waals surface area contributed by atoms with Crippen molar-refractivity contribution in [1.82, 2.24) is 0 Å². The van der Waals surface area contributed by atoms with Crippen LogP contribution in [-0.2, 0) is 14.3 Å². The quantitative estimate of drug-likeness (QED) is 0.516. The Morgan fingerprint density at radius 1 is 1.00 bits per heavy atom. The van der Waals surface area contributed by atoms with Crippen molar-refractivity contribution in [2.75, 3.05) is 0 Å². The summed E-state index contributed by atoms with van der Waals surface area (Å²) in [6.07, 6.45) is 11.1. The Labute approximate surface area is 188 Å². The molecule has 4 saturated carbocycles. The smallest absolute Gasteiger partial charge is 0.303 e. The van der Waals surface area contributed by atoms with E-state index < -0.39 is 5.97 Å². The van der Waals surface area contributed by atoms with Gasteiger partial charge in [0, 0.05) is 19.3 Å². The summed E-state index contributed by atoms with van der Waals surface area (Å²) in [5.41, 5.74) is 0.606. The van der Waals surface area contributed by atoms with Crippen molar-refractivity contribution < 1.29 is 19.4 Å². The van der Waals surface area contributed by atoms with Gasteiger partial charge in [-0.25, -0.2) is 0 Å². The highest BCUT2D eigenvalue weighted by Gasteiger charge is 2.62. The van der Waals surface area contributed by atoms with E-state index >= 15 is 0 Å². The first kappa shape index (κ1) is 23.1. The lowest BCUT2D eigenvalue weighted by Gasteiger charge is -2.62. The van der Waals surface area contributed by atoms with E-state index in [1.807, 2.05) is 0 Å². The summed E-state index contributed by atoms with van der Waals surface area (Å²) in [5.74, 6) is 3.64. The summed E-state index contributed by atoms with van der Waals surface area (Å²) in [6.45, 7) is 11.3. The number of carbonyl (C=O) groups excluding carboxylic acids is 1. The lowest BCUT2D eigenvalue weighted by Crippen LogP contribution is -2.58. The molecule has 0 amide bonds. The second-order valence-electron chi connectivity index (χ2n) is 12.4. The number of ether oxygens (including phenoxy) is 1. The summed E-state index contributed by atoms with van der Waals surface area (Å²) in [4.78, 5) is 23.2. The number of esters is 1. The van der Waals surface area contributed by atoms with Crippen molar-refractivity contribution in [3.05, 3.63) is 0 Å². The monoisotopic (exact) mass is 432 g/mol. The van der Waals surface area contributed by atoms with Crippen LogP contribution < -0.4 is 0 Å². The van der Waals surface area contributed by atoms with Gasteiger partial charge in [-0.15, -0.1) is 0 Å². The van der Waals surface area contributed by atoms with Crippen LogP contribution in [0.3, 0.4) is 0 Å². The average Bonchev–Trinajstić information content (AvgIpc) is 3.04. The largest absolute Gasteiger partial charge is 0.481 e. The third-order valence-electron chi connectivity index (χ3n) is 10.8. The standard InChI is InChI=1S/C27H44O4/c1-16-10-12-27(5)22-11-13-26(4)20(17(2)6-9-25(29)30)7-8-21(26)19(22)15-24(23(27)14-16)31-18(3)28/h16-17,19-24H,6-15H2,1-5H3,(H,29,30)/t16-,17-,19?,20-,21?,22?,23+,24+,26-,27-/m1/s1. The van der Waals surface area contributed by atoms with Gasteiger partial charge >= 0.3 is 11.9 Å². The maximum atomic E-state index is 12.0. The van der Waals surface area contributed by atoms with Crippen molar-refractivity contribution >= 4 is 11.9 Å². The molecule has 0 heterocycles. The van der Waals surface area contributed by atoms with Crippen LogP contribution in [0.25, 0.3) is 0 Å². The summed E-state index contributed by atoms with van der Waals surface area (Å²) >= 11 is 0. The second kappa shape index (κ2) is 8.37. The molecule has 4 nitrogen and oxygen atoms in total. The fraction of sp³-hybridized carbons (Fsp3) is 0.926. The molecule has 4 heteroatoms. The van der Waals surface area contributed by atoms with Crippen LogP contribution in [-0.4, -0.2) is 23.1 Å². The molecule has 31 heavy (non-hydrogen) atoms. The van der Waals surface area contributed by atoms with E-state index in [0.29, 0.717) is 40.4 Å². The number of carboxylic acids is 1. The van der Waals surface area contributed by atoms with Crippen LogP contribution in [0.2, 0.25) is 0 Å². The molecule has 10 atom stereocenters. The van der Waals surface area contributed by atoms with Crippen LogP contribution in [0.5, 0.6) is 0 Å². The maximum absolute atomic E-state index is 12.0. The lowest BCUT2D eigenvalue weighted by atomic mass is 9.43. The van der Waals surface area contributed by atoms with E-state index in [4.69, 9.17) is 4.74 Å². The highest BCUT2D eigenvalue weighted by Crippen LogP contribution is 2.69. The van der Waals surface area contributed by atoms with Crippen LogP contribution in [0.4, 0.5) is 0 Å². The first-order chi connectivity index (χ1) is 14.6. The molecule has 0 aromatic carbocycles. The van der Waals surface area contributed by atoms with Gasteiger partial charge in [0.1, 0.15) is 6.10 Å². The Morgan fingerprint density at radius 2 is 1.68 bits per heavy atom. The molecular formula is C27H44O4. The topological polar surface area (TPSA) is 63.6 Å². The average molecular weight is 433 g/mol. The SMILES string of the molecule is CC(=O)O[C@H]1CC2C3CC[C@H]([C@H](C)CCC(=O)O)[C@@]3(C)CCC2[C@@]2(C)CC[C@@H](C)C[C@@H]12. The number of hydrogen-bond donors (Lipinski definition) is 1. The molecular weight excluding hydrogens is 388 g/mol. The Balaban J connectivity index is 1.59. The van der Waals surface area contributed by atoms with Gasteiger partial charge in [0.25, 0.3) is 0 Å². The molecule has 0 aromatic heterocycles. The first-order valence-corrected chi connectivity index (χ1v) is 12.9. The fourth-order valence-corrected chi connectivity index (χ4v) is 9.34. The van der Waals surface area contributed by atoms with Crippen molar-refractivity contribution in [2.24, 2.45) is 52.3 Å². The Hall–Kier alpha value is -1.06. The van der Waals surface area contributed by atoms with E-state index in [2.05, 4.69) is 27.7 Å². The third kappa shape index (κ3) is 3.95. The molecule has 0 bridgehead atoms. The molecule has 4 fully saturated rings. The van der Waals surface area contributed by atoms with Crippen LogP contribution in [0.15, 0.2) is 0 Å². The molecule has 0 radical (unpaired) electrons. The normalized spacial score (nSPS) is 47.6. The summed E-state index contributed by atoms with van der Waals surface area (Å²) < 4.78 is 6.04. The van der Waals surface area contributed by atoms with Gasteiger partial charge in [-0.1, -0.05) is 34.1 Å². The summed E-state index contributed by atoms with van der Waals surface area (Å²) in [6, 6.07) is 0. The van der Waals surface area contributed by atoms with E-state index in [-0.39, 0.29) is 18.5 Å². The highest BCUT2D eigenvalue weighted by atomic mass is 16.5. The van der Waals surface area contributed by atoms with Crippen molar-refractivity contribution in [3.8, 4) is 0 Å². The predicted octanol–water partition coefficient (Wildman–Crippen LogP) is 6.32. The Kier molecular flexibility index (Phi) is 6.24. The zero-order chi connectivity index (χ0) is 22.6. The van der Waals surface area contributed by atoms with Gasteiger partial charge in [0.2, 0.25) is 0 Å². The predicted molar refractivity (Wildman–Crippen MR) is 121 cm³/mol. The number of carboxylic acid groups (broad SMARTS) is 1. The van der Waals surface area contributed by atoms with Gasteiger partial charge in [0.15, 0.2) is 0 Å². The van der Waals surface area contributed by atoms with Gasteiger partial charge in [-0.2, -0.15) is 0 Å². The number of fused-ring (bicyclic) bond motifs is 5. The van der Waals surface area contributed by atoms with Gasteiger partial charge in [0.05, 0.1) is 0 Å². The molecule has 0 aliphatic heterocycles. The molecule has 4 aliphatic carbocycles. The molecule has 0 spiro atoms. The van der Waals surface area contributed by atoms with Crippen LogP contribution in [0.1, 0.15) is 98.8 Å². The van der Waals surface area contributed by atoms with Gasteiger partial charge in [-0.05, 0) is 97.7 Å². The summed E-state index contributed by atoms with van der Waals surface area (Å²) in [7, 11) is 0. The highest BCUT2D eigenvalue weighted by molar-refractivity contribution is 5.66. The summed E-state index contributed by atoms with van der Waals surface area (Å²) in [5, 5.41) is 9.17. The third-order valence-corrected chi connectivity index (χ3v) is 10.8. The number of hydrogen-bond acceptors (Lipinski definition) is 3. The van der Waals surface area contributed by atoms with Crippen molar-refractivity contribution in [1.29, 1.82) is 0 Å². The van der Waals surface area contributed by atoms with E-state index in [1.165, 1.54) is 44.9 Å². The fourth-order valence-electron chi connectivity index (χ4n) is 9.34. The number of aliphatic carboxylic acids is 1. The molecule has 1 N–H and O–H groups in total. The first-order valence-electron chi connectivity index (χ1n) is 12.9. The zero-order valence-corrected chi connectivity index (χ0v) is 20.4. The van der Waals surface area contributed by atoms with Gasteiger partial charge in [-0.3, -0.25) is 9.59 Å². The molecule has 0 aromatic rings. The van der Waals surface area contributed by atoms with Gasteiger partial charge < -0.3 is 9.84 Å². The lowest BCUT2D eigenvalue weighted by molar-refractivity contribution is -0.188. The number of rotatable bonds is 5. The van der Waals surface area contributed by atoms with Crippen molar-refractivity contribution in [3.63, 3.8) is 0 Å². The van der Waals surface area contributed by atoms with Crippen LogP contribution >= 0.6 is 0 Å². The Bertz CT molecular complexity index is 703. The molecule has 0 saturated heterocycles. The molecule has 4 rings (SSSR count). The minimum Gasteiger partial charge on any atom is -0.481 e. The zero-order valence-electron chi connectivity index (χ0n) is 20.4. The molecule has 4 aliphatic rings.